The first-order valence-electron chi connectivity index (χ1n) is 6.03. The Morgan fingerprint density at radius 1 is 1.50 bits per heavy atom. The Kier molecular flexibility index (Phi) is 6.12. The van der Waals surface area contributed by atoms with E-state index in [4.69, 9.17) is 10.5 Å². The lowest BCUT2D eigenvalue weighted by Gasteiger charge is -2.15. The molecule has 0 aliphatic heterocycles. The summed E-state index contributed by atoms with van der Waals surface area (Å²) in [6, 6.07) is 2.92. The van der Waals surface area contributed by atoms with Crippen molar-refractivity contribution in [1.29, 1.82) is 0 Å². The second-order valence-electron chi connectivity index (χ2n) is 4.24. The third kappa shape index (κ3) is 4.29. The van der Waals surface area contributed by atoms with Crippen LogP contribution in [0.4, 0.5) is 15.8 Å². The third-order valence-corrected chi connectivity index (χ3v) is 3.40. The van der Waals surface area contributed by atoms with Crippen molar-refractivity contribution < 1.29 is 9.13 Å². The van der Waals surface area contributed by atoms with Crippen LogP contribution >= 0.6 is 11.8 Å². The highest BCUT2D eigenvalue weighted by Crippen LogP contribution is 2.28. The topological polar surface area (TPSA) is 47.3 Å². The number of nitrogen functional groups attached to an aromatic ring is 1. The van der Waals surface area contributed by atoms with Gasteiger partial charge in [-0.3, -0.25) is 0 Å². The predicted octanol–water partition coefficient (Wildman–Crippen LogP) is 3.22. The highest BCUT2D eigenvalue weighted by atomic mass is 32.2. The maximum absolute atomic E-state index is 13.5. The fourth-order valence-corrected chi connectivity index (χ4v) is 2.30. The Labute approximate surface area is 112 Å². The van der Waals surface area contributed by atoms with Crippen LogP contribution in [-0.2, 0) is 0 Å². The molecule has 0 bridgehead atoms. The predicted molar refractivity (Wildman–Crippen MR) is 78.0 cm³/mol. The Bertz CT molecular complexity index is 387. The summed E-state index contributed by atoms with van der Waals surface area (Å²) in [5.41, 5.74) is 6.92. The van der Waals surface area contributed by atoms with Crippen molar-refractivity contribution in [2.24, 2.45) is 5.92 Å². The molecule has 0 radical (unpaired) electrons. The number of thioether (sulfide) groups is 1. The Morgan fingerprint density at radius 3 is 2.83 bits per heavy atom. The molecule has 1 atom stereocenters. The van der Waals surface area contributed by atoms with E-state index in [0.29, 0.717) is 18.2 Å². The maximum atomic E-state index is 13.5. The zero-order valence-electron chi connectivity index (χ0n) is 11.1. The summed E-state index contributed by atoms with van der Waals surface area (Å²) >= 11 is 1.81. The van der Waals surface area contributed by atoms with E-state index >= 15 is 0 Å². The zero-order valence-corrected chi connectivity index (χ0v) is 11.9. The highest BCUT2D eigenvalue weighted by molar-refractivity contribution is 7.98. The van der Waals surface area contributed by atoms with Gasteiger partial charge in [-0.1, -0.05) is 6.92 Å². The van der Waals surface area contributed by atoms with Gasteiger partial charge in [0.1, 0.15) is 0 Å². The molecule has 0 spiro atoms. The molecule has 0 amide bonds. The van der Waals surface area contributed by atoms with Gasteiger partial charge in [0, 0.05) is 18.7 Å². The van der Waals surface area contributed by atoms with Gasteiger partial charge >= 0.3 is 0 Å². The van der Waals surface area contributed by atoms with E-state index < -0.39 is 5.82 Å². The van der Waals surface area contributed by atoms with E-state index in [1.165, 1.54) is 6.07 Å². The SMILES string of the molecule is CCOc1cc(NCC(C)CSC)c(N)cc1F. The summed E-state index contributed by atoms with van der Waals surface area (Å²) in [5, 5.41) is 3.24. The minimum absolute atomic E-state index is 0.242. The van der Waals surface area contributed by atoms with Gasteiger partial charge in [0.2, 0.25) is 0 Å². The van der Waals surface area contributed by atoms with E-state index in [1.807, 2.05) is 6.92 Å². The normalized spacial score (nSPS) is 12.2. The van der Waals surface area contributed by atoms with Gasteiger partial charge in [0.25, 0.3) is 0 Å². The molecule has 0 fully saturated rings. The van der Waals surface area contributed by atoms with Crippen LogP contribution in [0.3, 0.4) is 0 Å². The summed E-state index contributed by atoms with van der Waals surface area (Å²) in [4.78, 5) is 0. The van der Waals surface area contributed by atoms with E-state index in [9.17, 15) is 4.39 Å². The fourth-order valence-electron chi connectivity index (χ4n) is 1.62. The van der Waals surface area contributed by atoms with Crippen LogP contribution in [0.25, 0.3) is 0 Å². The summed E-state index contributed by atoms with van der Waals surface area (Å²) in [6.07, 6.45) is 2.08. The molecule has 1 aromatic carbocycles. The van der Waals surface area contributed by atoms with E-state index in [2.05, 4.69) is 18.5 Å². The van der Waals surface area contributed by atoms with Crippen LogP contribution in [0.5, 0.6) is 5.75 Å². The lowest BCUT2D eigenvalue weighted by atomic mass is 10.2. The van der Waals surface area contributed by atoms with Crippen molar-refractivity contribution in [3.05, 3.63) is 17.9 Å². The molecule has 1 unspecified atom stereocenters. The molecule has 102 valence electrons. The summed E-state index contributed by atoms with van der Waals surface area (Å²) in [5.74, 6) is 1.43. The van der Waals surface area contributed by atoms with Crippen molar-refractivity contribution in [1.82, 2.24) is 0 Å². The first-order valence-corrected chi connectivity index (χ1v) is 7.42. The zero-order chi connectivity index (χ0) is 13.5. The largest absolute Gasteiger partial charge is 0.491 e. The van der Waals surface area contributed by atoms with Gasteiger partial charge in [-0.25, -0.2) is 4.39 Å². The van der Waals surface area contributed by atoms with Crippen LogP contribution in [0, 0.1) is 11.7 Å². The number of hydrogen-bond donors (Lipinski definition) is 2. The van der Waals surface area contributed by atoms with E-state index in [-0.39, 0.29) is 5.75 Å². The molecule has 0 saturated carbocycles. The van der Waals surface area contributed by atoms with Gasteiger partial charge in [-0.05, 0) is 24.9 Å². The average molecular weight is 272 g/mol. The van der Waals surface area contributed by atoms with Crippen LogP contribution in [-0.4, -0.2) is 25.2 Å². The summed E-state index contributed by atoms with van der Waals surface area (Å²) in [6.45, 7) is 5.22. The van der Waals surface area contributed by atoms with Gasteiger partial charge in [0.15, 0.2) is 11.6 Å². The Morgan fingerprint density at radius 2 is 2.22 bits per heavy atom. The number of nitrogens with two attached hydrogens (primary N) is 1. The minimum atomic E-state index is -0.419. The second-order valence-corrected chi connectivity index (χ2v) is 5.15. The lowest BCUT2D eigenvalue weighted by molar-refractivity contribution is 0.322. The van der Waals surface area contributed by atoms with Gasteiger partial charge in [0.05, 0.1) is 18.0 Å². The first kappa shape index (κ1) is 15.0. The molecule has 0 aromatic heterocycles. The Hall–Kier alpha value is -1.10. The second kappa shape index (κ2) is 7.36. The number of anilines is 2. The van der Waals surface area contributed by atoms with Crippen molar-refractivity contribution in [2.45, 2.75) is 13.8 Å². The van der Waals surface area contributed by atoms with Crippen molar-refractivity contribution in [3.63, 3.8) is 0 Å². The van der Waals surface area contributed by atoms with Crippen molar-refractivity contribution >= 4 is 23.1 Å². The van der Waals surface area contributed by atoms with E-state index in [0.717, 1.165) is 18.0 Å². The number of nitrogens with one attached hydrogen (secondary N) is 1. The van der Waals surface area contributed by atoms with Gasteiger partial charge in [-0.15, -0.1) is 0 Å². The quantitative estimate of drug-likeness (QED) is 0.748. The molecule has 0 aliphatic carbocycles. The minimum Gasteiger partial charge on any atom is -0.491 e. The molecular weight excluding hydrogens is 251 g/mol. The van der Waals surface area contributed by atoms with Crippen LogP contribution in [0.1, 0.15) is 13.8 Å². The van der Waals surface area contributed by atoms with Crippen LogP contribution < -0.4 is 15.8 Å². The molecule has 0 heterocycles. The molecule has 1 rings (SSSR count). The lowest BCUT2D eigenvalue weighted by Crippen LogP contribution is -2.14. The molecule has 5 heteroatoms. The summed E-state index contributed by atoms with van der Waals surface area (Å²) in [7, 11) is 0. The number of hydrogen-bond acceptors (Lipinski definition) is 4. The molecular formula is C13H21FN2OS. The fraction of sp³-hybridized carbons (Fsp3) is 0.538. The number of ether oxygens (including phenoxy) is 1. The monoisotopic (exact) mass is 272 g/mol. The molecule has 1 aromatic rings. The molecule has 0 aliphatic rings. The smallest absolute Gasteiger partial charge is 0.167 e. The highest BCUT2D eigenvalue weighted by Gasteiger charge is 2.09. The Balaban J connectivity index is 2.72. The standard InChI is InChI=1S/C13H21FN2OS/c1-4-17-13-6-12(11(15)5-10(13)14)16-7-9(2)8-18-3/h5-6,9,16H,4,7-8,15H2,1-3H3. The van der Waals surface area contributed by atoms with Crippen LogP contribution in [0.15, 0.2) is 12.1 Å². The maximum Gasteiger partial charge on any atom is 0.167 e. The number of rotatable bonds is 7. The molecule has 18 heavy (non-hydrogen) atoms. The average Bonchev–Trinajstić information content (AvgIpc) is 2.31. The van der Waals surface area contributed by atoms with Gasteiger partial charge < -0.3 is 15.8 Å². The molecule has 3 nitrogen and oxygen atoms in total. The van der Waals surface area contributed by atoms with E-state index in [1.54, 1.807) is 17.8 Å². The molecule has 3 N–H and O–H groups in total. The van der Waals surface area contributed by atoms with Crippen molar-refractivity contribution in [2.75, 3.05) is 36.2 Å². The number of benzene rings is 1. The first-order chi connectivity index (χ1) is 8.58. The third-order valence-electron chi connectivity index (χ3n) is 2.50. The van der Waals surface area contributed by atoms with Gasteiger partial charge in [-0.2, -0.15) is 11.8 Å². The van der Waals surface area contributed by atoms with Crippen LogP contribution in [0.2, 0.25) is 0 Å². The molecule has 0 saturated heterocycles. The number of halogens is 1. The van der Waals surface area contributed by atoms with Crippen molar-refractivity contribution in [3.8, 4) is 5.75 Å². The summed E-state index contributed by atoms with van der Waals surface area (Å²) < 4.78 is 18.7.